The molecular weight excluding hydrogens is 172 g/mol. The monoisotopic (exact) mass is 196 g/mol. The minimum Gasteiger partial charge on any atom is -0.310 e. The van der Waals surface area contributed by atoms with Crippen molar-refractivity contribution in [1.29, 1.82) is 0 Å². The summed E-state index contributed by atoms with van der Waals surface area (Å²) < 4.78 is 0. The van der Waals surface area contributed by atoms with Gasteiger partial charge in [-0.2, -0.15) is 0 Å². The summed E-state index contributed by atoms with van der Waals surface area (Å²) in [7, 11) is 0. The fourth-order valence-electron chi connectivity index (χ4n) is 2.33. The third-order valence-corrected chi connectivity index (χ3v) is 3.37. The van der Waals surface area contributed by atoms with E-state index in [1.165, 1.54) is 32.4 Å². The van der Waals surface area contributed by atoms with Gasteiger partial charge in [-0.3, -0.25) is 4.90 Å². The first kappa shape index (κ1) is 11.7. The van der Waals surface area contributed by atoms with Gasteiger partial charge in [0.1, 0.15) is 0 Å². The molecular formula is C12H24N2. The zero-order valence-electron chi connectivity index (χ0n) is 9.68. The van der Waals surface area contributed by atoms with Crippen molar-refractivity contribution in [3.8, 4) is 0 Å². The topological polar surface area (TPSA) is 15.3 Å². The highest BCUT2D eigenvalue weighted by molar-refractivity contribution is 4.95. The van der Waals surface area contributed by atoms with Gasteiger partial charge >= 0.3 is 0 Å². The highest BCUT2D eigenvalue weighted by Crippen LogP contribution is 2.23. The standard InChI is InChI=1S/C12H24N2/c1-4-10-14(6-3)11-12(5-2)8-7-9-13-12/h4,13H,1,5-11H2,2-3H3. The molecule has 0 bridgehead atoms. The Morgan fingerprint density at radius 1 is 1.50 bits per heavy atom. The first-order chi connectivity index (χ1) is 6.76. The van der Waals surface area contributed by atoms with Crippen molar-refractivity contribution in [2.45, 2.75) is 38.6 Å². The van der Waals surface area contributed by atoms with Crippen LogP contribution < -0.4 is 5.32 Å². The smallest absolute Gasteiger partial charge is 0.0306 e. The van der Waals surface area contributed by atoms with Crippen molar-refractivity contribution in [3.63, 3.8) is 0 Å². The number of nitrogens with one attached hydrogen (secondary N) is 1. The summed E-state index contributed by atoms with van der Waals surface area (Å²) in [6, 6.07) is 0. The predicted molar refractivity (Wildman–Crippen MR) is 62.6 cm³/mol. The second kappa shape index (κ2) is 5.52. The second-order valence-corrected chi connectivity index (χ2v) is 4.28. The van der Waals surface area contributed by atoms with Crippen molar-refractivity contribution in [2.24, 2.45) is 0 Å². The van der Waals surface area contributed by atoms with E-state index in [0.29, 0.717) is 5.54 Å². The highest BCUT2D eigenvalue weighted by atomic mass is 15.2. The van der Waals surface area contributed by atoms with E-state index in [1.54, 1.807) is 0 Å². The molecule has 0 amide bonds. The SMILES string of the molecule is C=CCN(CC)CC1(CC)CCCN1. The van der Waals surface area contributed by atoms with E-state index in [0.717, 1.165) is 13.1 Å². The van der Waals surface area contributed by atoms with Gasteiger partial charge in [0, 0.05) is 18.6 Å². The van der Waals surface area contributed by atoms with E-state index in [1.807, 2.05) is 6.08 Å². The zero-order chi connectivity index (χ0) is 10.4. The molecule has 1 aliphatic rings. The summed E-state index contributed by atoms with van der Waals surface area (Å²) >= 11 is 0. The molecule has 1 aliphatic heterocycles. The van der Waals surface area contributed by atoms with Crippen LogP contribution in [0, 0.1) is 0 Å². The minimum atomic E-state index is 0.388. The van der Waals surface area contributed by atoms with Gasteiger partial charge in [0.2, 0.25) is 0 Å². The Balaban J connectivity index is 2.48. The lowest BCUT2D eigenvalue weighted by atomic mass is 9.93. The summed E-state index contributed by atoms with van der Waals surface area (Å²) in [6.45, 7) is 12.8. The first-order valence-electron chi connectivity index (χ1n) is 5.84. The van der Waals surface area contributed by atoms with E-state index in [9.17, 15) is 0 Å². The molecule has 82 valence electrons. The average molecular weight is 196 g/mol. The molecule has 0 aromatic heterocycles. The maximum absolute atomic E-state index is 3.81. The fraction of sp³-hybridized carbons (Fsp3) is 0.833. The largest absolute Gasteiger partial charge is 0.310 e. The van der Waals surface area contributed by atoms with Crippen LogP contribution in [0.1, 0.15) is 33.1 Å². The van der Waals surface area contributed by atoms with Gasteiger partial charge in [-0.05, 0) is 32.4 Å². The Hall–Kier alpha value is -0.340. The van der Waals surface area contributed by atoms with Crippen LogP contribution in [-0.2, 0) is 0 Å². The molecule has 0 radical (unpaired) electrons. The Bertz CT molecular complexity index is 171. The van der Waals surface area contributed by atoms with Crippen molar-refractivity contribution in [1.82, 2.24) is 10.2 Å². The molecule has 0 aromatic rings. The maximum Gasteiger partial charge on any atom is 0.0306 e. The van der Waals surface area contributed by atoms with Crippen LogP contribution in [0.3, 0.4) is 0 Å². The van der Waals surface area contributed by atoms with E-state index in [2.05, 4.69) is 30.6 Å². The zero-order valence-corrected chi connectivity index (χ0v) is 9.68. The first-order valence-corrected chi connectivity index (χ1v) is 5.84. The van der Waals surface area contributed by atoms with Gasteiger partial charge in [0.25, 0.3) is 0 Å². The van der Waals surface area contributed by atoms with Gasteiger partial charge in [-0.1, -0.05) is 19.9 Å². The quantitative estimate of drug-likeness (QED) is 0.654. The normalized spacial score (nSPS) is 27.1. The average Bonchev–Trinajstić information content (AvgIpc) is 2.66. The third-order valence-electron chi connectivity index (χ3n) is 3.37. The lowest BCUT2D eigenvalue weighted by molar-refractivity contribution is 0.210. The molecule has 1 unspecified atom stereocenters. The third kappa shape index (κ3) is 2.82. The van der Waals surface area contributed by atoms with Crippen LogP contribution in [0.15, 0.2) is 12.7 Å². The Morgan fingerprint density at radius 2 is 2.29 bits per heavy atom. The molecule has 0 aromatic carbocycles. The van der Waals surface area contributed by atoms with Gasteiger partial charge in [0.15, 0.2) is 0 Å². The molecule has 14 heavy (non-hydrogen) atoms. The van der Waals surface area contributed by atoms with E-state index in [4.69, 9.17) is 0 Å². The molecule has 0 aliphatic carbocycles. The highest BCUT2D eigenvalue weighted by Gasteiger charge is 2.32. The molecule has 2 nitrogen and oxygen atoms in total. The van der Waals surface area contributed by atoms with Gasteiger partial charge in [-0.25, -0.2) is 0 Å². The number of nitrogens with zero attached hydrogens (tertiary/aromatic N) is 1. The molecule has 1 rings (SSSR count). The van der Waals surface area contributed by atoms with Crippen molar-refractivity contribution in [3.05, 3.63) is 12.7 Å². The molecule has 1 atom stereocenters. The van der Waals surface area contributed by atoms with E-state index < -0.39 is 0 Å². The predicted octanol–water partition coefficient (Wildman–Crippen LogP) is 2.03. The molecule has 0 saturated carbocycles. The van der Waals surface area contributed by atoms with Crippen LogP contribution in [0.2, 0.25) is 0 Å². The second-order valence-electron chi connectivity index (χ2n) is 4.28. The fourth-order valence-corrected chi connectivity index (χ4v) is 2.33. The van der Waals surface area contributed by atoms with Crippen molar-refractivity contribution < 1.29 is 0 Å². The molecule has 1 N–H and O–H groups in total. The van der Waals surface area contributed by atoms with Crippen LogP contribution in [0.4, 0.5) is 0 Å². The number of hydrogen-bond acceptors (Lipinski definition) is 2. The molecule has 1 saturated heterocycles. The summed E-state index contributed by atoms with van der Waals surface area (Å²) in [6.07, 6.45) is 5.90. The van der Waals surface area contributed by atoms with Gasteiger partial charge in [-0.15, -0.1) is 6.58 Å². The Morgan fingerprint density at radius 3 is 2.71 bits per heavy atom. The summed E-state index contributed by atoms with van der Waals surface area (Å²) in [5.41, 5.74) is 0.388. The van der Waals surface area contributed by atoms with E-state index >= 15 is 0 Å². The molecule has 0 spiro atoms. The van der Waals surface area contributed by atoms with Crippen molar-refractivity contribution in [2.75, 3.05) is 26.2 Å². The van der Waals surface area contributed by atoms with Crippen LogP contribution in [0.5, 0.6) is 0 Å². The Labute approximate surface area is 88.4 Å². The number of hydrogen-bond donors (Lipinski definition) is 1. The van der Waals surface area contributed by atoms with Gasteiger partial charge < -0.3 is 5.32 Å². The summed E-state index contributed by atoms with van der Waals surface area (Å²) in [4.78, 5) is 2.47. The summed E-state index contributed by atoms with van der Waals surface area (Å²) in [5, 5.41) is 3.67. The lowest BCUT2D eigenvalue weighted by Gasteiger charge is -2.34. The molecule has 1 heterocycles. The molecule has 1 fully saturated rings. The van der Waals surface area contributed by atoms with Gasteiger partial charge in [0.05, 0.1) is 0 Å². The number of likely N-dealkylation sites (N-methyl/N-ethyl adjacent to an activating group) is 1. The van der Waals surface area contributed by atoms with E-state index in [-0.39, 0.29) is 0 Å². The summed E-state index contributed by atoms with van der Waals surface area (Å²) in [5.74, 6) is 0. The van der Waals surface area contributed by atoms with Crippen molar-refractivity contribution >= 4 is 0 Å². The maximum atomic E-state index is 3.81. The van der Waals surface area contributed by atoms with Crippen LogP contribution >= 0.6 is 0 Å². The number of rotatable bonds is 6. The molecule has 2 heteroatoms. The minimum absolute atomic E-state index is 0.388. The van der Waals surface area contributed by atoms with Crippen LogP contribution in [-0.4, -0.2) is 36.6 Å². The lowest BCUT2D eigenvalue weighted by Crippen LogP contribution is -2.49. The van der Waals surface area contributed by atoms with Crippen LogP contribution in [0.25, 0.3) is 0 Å². The Kier molecular flexibility index (Phi) is 4.63.